The van der Waals surface area contributed by atoms with E-state index >= 15 is 0 Å². The van der Waals surface area contributed by atoms with Gasteiger partial charge >= 0.3 is 0 Å². The Labute approximate surface area is 112 Å². The molecule has 0 amide bonds. The molecule has 3 atom stereocenters. The van der Waals surface area contributed by atoms with Gasteiger partial charge in [0.25, 0.3) is 5.56 Å². The number of aromatic nitrogens is 2. The van der Waals surface area contributed by atoms with Gasteiger partial charge in [0, 0.05) is 13.1 Å². The van der Waals surface area contributed by atoms with Crippen molar-refractivity contribution in [1.82, 2.24) is 9.78 Å². The van der Waals surface area contributed by atoms with E-state index in [2.05, 4.69) is 24.3 Å². The number of nitrogens with zero attached hydrogens (tertiary/aromatic N) is 2. The molecule has 1 heterocycles. The number of rotatable bonds is 2. The lowest BCUT2D eigenvalue weighted by Crippen LogP contribution is -2.31. The van der Waals surface area contributed by atoms with Crippen molar-refractivity contribution < 1.29 is 0 Å². The van der Waals surface area contributed by atoms with Gasteiger partial charge in [0.1, 0.15) is 5.02 Å². The molecule has 0 spiro atoms. The van der Waals surface area contributed by atoms with Crippen molar-refractivity contribution in [1.29, 1.82) is 0 Å². The average Bonchev–Trinajstić information content (AvgIpc) is 2.34. The second-order valence-electron chi connectivity index (χ2n) is 5.41. The summed E-state index contributed by atoms with van der Waals surface area (Å²) in [6, 6.07) is 0.391. The van der Waals surface area contributed by atoms with Gasteiger partial charge in [-0.3, -0.25) is 4.79 Å². The van der Waals surface area contributed by atoms with Gasteiger partial charge < -0.3 is 5.32 Å². The van der Waals surface area contributed by atoms with Gasteiger partial charge in [-0.1, -0.05) is 25.4 Å². The maximum Gasteiger partial charge on any atom is 0.287 e. The number of halogens is 1. The summed E-state index contributed by atoms with van der Waals surface area (Å²) >= 11 is 6.05. The Morgan fingerprint density at radius 1 is 1.39 bits per heavy atom. The largest absolute Gasteiger partial charge is 0.380 e. The quantitative estimate of drug-likeness (QED) is 0.898. The van der Waals surface area contributed by atoms with E-state index in [-0.39, 0.29) is 10.6 Å². The average molecular weight is 270 g/mol. The molecule has 3 unspecified atom stereocenters. The summed E-state index contributed by atoms with van der Waals surface area (Å²) in [4.78, 5) is 11.7. The summed E-state index contributed by atoms with van der Waals surface area (Å²) in [6.07, 6.45) is 5.09. The van der Waals surface area contributed by atoms with Crippen molar-refractivity contribution in [2.75, 3.05) is 5.32 Å². The molecule has 0 radical (unpaired) electrons. The maximum absolute atomic E-state index is 11.7. The Balaban J connectivity index is 2.11. The van der Waals surface area contributed by atoms with Crippen molar-refractivity contribution in [3.05, 3.63) is 21.6 Å². The van der Waals surface area contributed by atoms with Gasteiger partial charge in [-0.25, -0.2) is 4.68 Å². The molecule has 1 aromatic rings. The second kappa shape index (κ2) is 5.31. The van der Waals surface area contributed by atoms with Crippen LogP contribution in [0.2, 0.25) is 5.02 Å². The molecule has 1 aliphatic carbocycles. The lowest BCUT2D eigenvalue weighted by Gasteiger charge is -2.33. The Bertz CT molecular complexity index is 486. The Kier molecular flexibility index (Phi) is 3.95. The molecule has 1 N–H and O–H groups in total. The highest BCUT2D eigenvalue weighted by Gasteiger charge is 2.25. The van der Waals surface area contributed by atoms with Gasteiger partial charge in [0.05, 0.1) is 11.9 Å². The van der Waals surface area contributed by atoms with Crippen molar-refractivity contribution in [2.24, 2.45) is 18.9 Å². The van der Waals surface area contributed by atoms with Gasteiger partial charge in [-0.2, -0.15) is 5.10 Å². The highest BCUT2D eigenvalue weighted by atomic mass is 35.5. The Hall–Kier alpha value is -1.03. The summed E-state index contributed by atoms with van der Waals surface area (Å²) in [5.74, 6) is 1.48. The number of hydrogen-bond acceptors (Lipinski definition) is 3. The fourth-order valence-electron chi connectivity index (χ4n) is 2.51. The molecule has 5 heteroatoms. The van der Waals surface area contributed by atoms with E-state index in [9.17, 15) is 4.79 Å². The third-order valence-electron chi connectivity index (χ3n) is 4.04. The predicted molar refractivity (Wildman–Crippen MR) is 74.1 cm³/mol. The molecule has 1 fully saturated rings. The minimum Gasteiger partial charge on any atom is -0.380 e. The van der Waals surface area contributed by atoms with Crippen molar-refractivity contribution in [2.45, 2.75) is 39.2 Å². The molecule has 1 aliphatic rings. The number of nitrogens with one attached hydrogen (secondary N) is 1. The van der Waals surface area contributed by atoms with Crippen LogP contribution in [0.3, 0.4) is 0 Å². The maximum atomic E-state index is 11.7. The van der Waals surface area contributed by atoms with Gasteiger partial charge in [0.15, 0.2) is 0 Å². The highest BCUT2D eigenvalue weighted by molar-refractivity contribution is 6.32. The second-order valence-corrected chi connectivity index (χ2v) is 5.79. The van der Waals surface area contributed by atoms with Crippen LogP contribution in [-0.4, -0.2) is 15.8 Å². The van der Waals surface area contributed by atoms with E-state index in [0.717, 1.165) is 18.8 Å². The molecule has 100 valence electrons. The topological polar surface area (TPSA) is 46.9 Å². The number of hydrogen-bond donors (Lipinski definition) is 1. The first-order valence-electron chi connectivity index (χ1n) is 6.47. The zero-order valence-corrected chi connectivity index (χ0v) is 11.9. The summed E-state index contributed by atoms with van der Waals surface area (Å²) < 4.78 is 1.25. The van der Waals surface area contributed by atoms with Crippen LogP contribution in [-0.2, 0) is 7.05 Å². The van der Waals surface area contributed by atoms with Crippen LogP contribution in [0, 0.1) is 11.8 Å². The zero-order chi connectivity index (χ0) is 13.3. The first-order chi connectivity index (χ1) is 8.49. The molecule has 0 aliphatic heterocycles. The van der Waals surface area contributed by atoms with Crippen LogP contribution < -0.4 is 10.9 Å². The van der Waals surface area contributed by atoms with E-state index in [4.69, 9.17) is 11.6 Å². The summed E-state index contributed by atoms with van der Waals surface area (Å²) in [5.41, 5.74) is 0.408. The number of anilines is 1. The molecular formula is C13H20ClN3O. The molecule has 4 nitrogen and oxygen atoms in total. The minimum atomic E-state index is -0.251. The third-order valence-corrected chi connectivity index (χ3v) is 4.40. The molecule has 1 saturated carbocycles. The van der Waals surface area contributed by atoms with E-state index in [1.54, 1.807) is 13.2 Å². The molecule has 0 aromatic carbocycles. The van der Waals surface area contributed by atoms with Gasteiger partial charge in [0.2, 0.25) is 0 Å². The van der Waals surface area contributed by atoms with E-state index in [1.807, 2.05) is 0 Å². The first-order valence-corrected chi connectivity index (χ1v) is 6.85. The molecule has 1 aromatic heterocycles. The molecule has 0 bridgehead atoms. The van der Waals surface area contributed by atoms with Crippen LogP contribution in [0.1, 0.15) is 33.1 Å². The lowest BCUT2D eigenvalue weighted by atomic mass is 9.79. The van der Waals surface area contributed by atoms with Crippen LogP contribution in [0.5, 0.6) is 0 Å². The van der Waals surface area contributed by atoms with Crippen molar-refractivity contribution in [3.63, 3.8) is 0 Å². The lowest BCUT2D eigenvalue weighted by molar-refractivity contribution is 0.261. The van der Waals surface area contributed by atoms with Crippen LogP contribution >= 0.6 is 11.6 Å². The standard InChI is InChI=1S/C13H20ClN3O/c1-8-4-5-10(6-9(8)2)16-11-7-15-17(3)13(18)12(11)14/h7-10,16H,4-6H2,1-3H3. The summed E-state index contributed by atoms with van der Waals surface area (Å²) in [5, 5.41) is 7.59. The Morgan fingerprint density at radius 3 is 2.78 bits per heavy atom. The van der Waals surface area contributed by atoms with E-state index in [1.165, 1.54) is 11.1 Å². The fraction of sp³-hybridized carbons (Fsp3) is 0.692. The highest BCUT2D eigenvalue weighted by Crippen LogP contribution is 2.31. The van der Waals surface area contributed by atoms with Crippen molar-refractivity contribution >= 4 is 17.3 Å². The van der Waals surface area contributed by atoms with E-state index < -0.39 is 0 Å². The van der Waals surface area contributed by atoms with Crippen LogP contribution in [0.4, 0.5) is 5.69 Å². The van der Waals surface area contributed by atoms with Crippen LogP contribution in [0.15, 0.2) is 11.0 Å². The summed E-state index contributed by atoms with van der Waals surface area (Å²) in [7, 11) is 1.60. The third kappa shape index (κ3) is 2.69. The molecule has 18 heavy (non-hydrogen) atoms. The minimum absolute atomic E-state index is 0.235. The molecular weight excluding hydrogens is 250 g/mol. The van der Waals surface area contributed by atoms with Crippen LogP contribution in [0.25, 0.3) is 0 Å². The molecule has 2 rings (SSSR count). The fourth-order valence-corrected chi connectivity index (χ4v) is 2.74. The smallest absolute Gasteiger partial charge is 0.287 e. The Morgan fingerprint density at radius 2 is 2.11 bits per heavy atom. The number of aryl methyl sites for hydroxylation is 1. The molecule has 0 saturated heterocycles. The van der Waals surface area contributed by atoms with E-state index in [0.29, 0.717) is 17.6 Å². The monoisotopic (exact) mass is 269 g/mol. The predicted octanol–water partition coefficient (Wildman–Crippen LogP) is 2.67. The summed E-state index contributed by atoms with van der Waals surface area (Å²) in [6.45, 7) is 4.58. The van der Waals surface area contributed by atoms with Gasteiger partial charge in [-0.15, -0.1) is 0 Å². The first kappa shape index (κ1) is 13.4. The van der Waals surface area contributed by atoms with Gasteiger partial charge in [-0.05, 0) is 31.1 Å². The zero-order valence-electron chi connectivity index (χ0n) is 11.1. The van der Waals surface area contributed by atoms with Crippen molar-refractivity contribution in [3.8, 4) is 0 Å². The SMILES string of the molecule is CC1CCC(Nc2cnn(C)c(=O)c2Cl)CC1C. The normalized spacial score (nSPS) is 28.1.